The van der Waals surface area contributed by atoms with E-state index in [-0.39, 0.29) is 11.4 Å². The molecule has 0 amide bonds. The van der Waals surface area contributed by atoms with Gasteiger partial charge in [-0.1, -0.05) is 12.1 Å². The molecule has 0 aliphatic heterocycles. The van der Waals surface area contributed by atoms with Gasteiger partial charge in [-0.2, -0.15) is 0 Å². The predicted molar refractivity (Wildman–Crippen MR) is 77.5 cm³/mol. The van der Waals surface area contributed by atoms with Gasteiger partial charge >= 0.3 is 0 Å². The second-order valence-electron chi connectivity index (χ2n) is 4.23. The van der Waals surface area contributed by atoms with E-state index in [4.69, 9.17) is 9.47 Å². The molecule has 0 heterocycles. The summed E-state index contributed by atoms with van der Waals surface area (Å²) in [6, 6.07) is 7.55. The van der Waals surface area contributed by atoms with Crippen LogP contribution in [0.4, 0.5) is 5.69 Å². The molecule has 0 aromatic heterocycles. The first-order chi connectivity index (χ1) is 9.67. The van der Waals surface area contributed by atoms with Gasteiger partial charge in [0.15, 0.2) is 5.75 Å². The molecule has 0 atom stereocenters. The van der Waals surface area contributed by atoms with E-state index in [1.807, 2.05) is 31.2 Å². The van der Waals surface area contributed by atoms with Gasteiger partial charge in [-0.3, -0.25) is 9.59 Å². The van der Waals surface area contributed by atoms with Gasteiger partial charge in [0.2, 0.25) is 0 Å². The molecule has 0 unspecified atom stereocenters. The van der Waals surface area contributed by atoms with Crippen molar-refractivity contribution in [2.24, 2.45) is 0 Å². The van der Waals surface area contributed by atoms with Crippen LogP contribution in [-0.2, 0) is 6.54 Å². The number of nitrogens with one attached hydrogen (secondary N) is 1. The van der Waals surface area contributed by atoms with Gasteiger partial charge in [0, 0.05) is 6.54 Å². The quantitative estimate of drug-likeness (QED) is 0.779. The predicted octanol–water partition coefficient (Wildman–Crippen LogP) is 1.69. The van der Waals surface area contributed by atoms with Gasteiger partial charge in [-0.25, -0.2) is 0 Å². The molecule has 0 aliphatic carbocycles. The van der Waals surface area contributed by atoms with E-state index in [0.29, 0.717) is 19.8 Å². The third-order valence-electron chi connectivity index (χ3n) is 2.86. The van der Waals surface area contributed by atoms with E-state index >= 15 is 0 Å². The lowest BCUT2D eigenvalue weighted by molar-refractivity contribution is 0.334. The minimum atomic E-state index is -0.555. The minimum absolute atomic E-state index is 0.142. The summed E-state index contributed by atoms with van der Waals surface area (Å²) in [5, 5.41) is 2.95. The zero-order chi connectivity index (χ0) is 14.5. The van der Waals surface area contributed by atoms with Crippen LogP contribution in [0.2, 0.25) is 0 Å². The topological polar surface area (TPSA) is 64.6 Å². The summed E-state index contributed by atoms with van der Waals surface area (Å²) in [6.07, 6.45) is 0. The number of anilines is 1. The largest absolute Gasteiger partial charge is 0.494 e. The molecular formula is C15H17NO4. The summed E-state index contributed by atoms with van der Waals surface area (Å²) in [5.41, 5.74) is 0.190. The molecule has 0 saturated heterocycles. The Morgan fingerprint density at radius 1 is 0.950 bits per heavy atom. The van der Waals surface area contributed by atoms with Gasteiger partial charge < -0.3 is 14.8 Å². The van der Waals surface area contributed by atoms with Crippen LogP contribution in [-0.4, -0.2) is 13.2 Å². The van der Waals surface area contributed by atoms with Crippen LogP contribution in [0.3, 0.4) is 0 Å². The molecule has 0 saturated carbocycles. The third-order valence-corrected chi connectivity index (χ3v) is 2.86. The van der Waals surface area contributed by atoms with Crippen molar-refractivity contribution in [3.63, 3.8) is 0 Å². The lowest BCUT2D eigenvalue weighted by atomic mass is 10.2. The maximum atomic E-state index is 11.4. The van der Waals surface area contributed by atoms with Crippen LogP contribution < -0.4 is 25.6 Å². The summed E-state index contributed by atoms with van der Waals surface area (Å²) in [4.78, 5) is 22.7. The molecular weight excluding hydrogens is 258 g/mol. The van der Waals surface area contributed by atoms with Gasteiger partial charge in [0.05, 0.1) is 13.2 Å². The maximum Gasteiger partial charge on any atom is 0.272 e. The standard InChI is InChI=1S/C15H17NO4/c1-3-19-11-7-5-10(6-8-11)9-16-12-13(17)14(18)15(12)20-4-2/h5-8,16H,3-4,9H2,1-2H3. The Balaban J connectivity index is 2.00. The van der Waals surface area contributed by atoms with E-state index in [1.165, 1.54) is 0 Å². The number of benzene rings is 1. The Labute approximate surface area is 116 Å². The zero-order valence-corrected chi connectivity index (χ0v) is 11.6. The first-order valence-electron chi connectivity index (χ1n) is 6.59. The van der Waals surface area contributed by atoms with Gasteiger partial charge in [0.25, 0.3) is 10.9 Å². The second kappa shape index (κ2) is 6.23. The highest BCUT2D eigenvalue weighted by Gasteiger charge is 2.21. The van der Waals surface area contributed by atoms with Crippen molar-refractivity contribution in [3.05, 3.63) is 50.3 Å². The fourth-order valence-electron chi connectivity index (χ4n) is 1.87. The molecule has 106 valence electrons. The molecule has 2 aromatic carbocycles. The summed E-state index contributed by atoms with van der Waals surface area (Å²) in [6.45, 7) is 5.14. The molecule has 0 aliphatic rings. The van der Waals surface area contributed by atoms with Crippen molar-refractivity contribution in [1.82, 2.24) is 0 Å². The Kier molecular flexibility index (Phi) is 4.40. The summed E-state index contributed by atoms with van der Waals surface area (Å²) >= 11 is 0. The van der Waals surface area contributed by atoms with E-state index in [0.717, 1.165) is 11.3 Å². The van der Waals surface area contributed by atoms with Crippen LogP contribution in [0.25, 0.3) is 0 Å². The van der Waals surface area contributed by atoms with Crippen LogP contribution >= 0.6 is 0 Å². The molecule has 1 N–H and O–H groups in total. The number of rotatable bonds is 7. The smallest absolute Gasteiger partial charge is 0.272 e. The molecule has 0 fully saturated rings. The monoisotopic (exact) mass is 275 g/mol. The Morgan fingerprint density at radius 3 is 2.20 bits per heavy atom. The van der Waals surface area contributed by atoms with Crippen molar-refractivity contribution < 1.29 is 9.47 Å². The molecule has 0 radical (unpaired) electrons. The molecule has 20 heavy (non-hydrogen) atoms. The highest BCUT2D eigenvalue weighted by atomic mass is 16.5. The van der Waals surface area contributed by atoms with Crippen molar-refractivity contribution >= 4 is 5.69 Å². The highest BCUT2D eigenvalue weighted by Crippen LogP contribution is 2.19. The average Bonchev–Trinajstić information content (AvgIpc) is 2.48. The number of hydrogen-bond donors (Lipinski definition) is 1. The van der Waals surface area contributed by atoms with Crippen molar-refractivity contribution in [2.75, 3.05) is 18.5 Å². The van der Waals surface area contributed by atoms with Crippen molar-refractivity contribution in [1.29, 1.82) is 0 Å². The van der Waals surface area contributed by atoms with E-state index < -0.39 is 10.9 Å². The van der Waals surface area contributed by atoms with E-state index in [1.54, 1.807) is 6.92 Å². The Morgan fingerprint density at radius 2 is 1.60 bits per heavy atom. The molecule has 2 aromatic rings. The van der Waals surface area contributed by atoms with Gasteiger partial charge in [-0.15, -0.1) is 0 Å². The Hall–Kier alpha value is -2.30. The SMILES string of the molecule is CCOc1ccc(CNc2c(OCC)c(=O)c2=O)cc1. The fraction of sp³-hybridized carbons (Fsp3) is 0.333. The van der Waals surface area contributed by atoms with E-state index in [2.05, 4.69) is 5.32 Å². The van der Waals surface area contributed by atoms with Crippen LogP contribution in [0.1, 0.15) is 19.4 Å². The van der Waals surface area contributed by atoms with Gasteiger partial charge in [0.1, 0.15) is 11.4 Å². The molecule has 5 nitrogen and oxygen atoms in total. The third kappa shape index (κ3) is 2.82. The molecule has 5 heteroatoms. The number of hydrogen-bond acceptors (Lipinski definition) is 5. The molecule has 2 rings (SSSR count). The minimum Gasteiger partial charge on any atom is -0.494 e. The van der Waals surface area contributed by atoms with Crippen LogP contribution in [0.15, 0.2) is 33.9 Å². The first kappa shape index (κ1) is 14.1. The van der Waals surface area contributed by atoms with Crippen molar-refractivity contribution in [2.45, 2.75) is 20.4 Å². The van der Waals surface area contributed by atoms with E-state index in [9.17, 15) is 9.59 Å². The summed E-state index contributed by atoms with van der Waals surface area (Å²) < 4.78 is 10.5. The zero-order valence-electron chi connectivity index (χ0n) is 11.6. The van der Waals surface area contributed by atoms with Crippen molar-refractivity contribution in [3.8, 4) is 11.5 Å². The maximum absolute atomic E-state index is 11.4. The summed E-state index contributed by atoms with van der Waals surface area (Å²) in [5.74, 6) is 0.948. The lowest BCUT2D eigenvalue weighted by Gasteiger charge is -2.13. The normalized spacial score (nSPS) is 10.5. The summed E-state index contributed by atoms with van der Waals surface area (Å²) in [7, 11) is 0. The van der Waals surface area contributed by atoms with Gasteiger partial charge in [-0.05, 0) is 31.5 Å². The molecule has 0 bridgehead atoms. The van der Waals surface area contributed by atoms with Crippen LogP contribution in [0.5, 0.6) is 11.5 Å². The lowest BCUT2D eigenvalue weighted by Crippen LogP contribution is -2.35. The average molecular weight is 275 g/mol. The van der Waals surface area contributed by atoms with Crippen LogP contribution in [0, 0.1) is 0 Å². The highest BCUT2D eigenvalue weighted by molar-refractivity contribution is 5.61. The Bertz CT molecular complexity index is 639. The molecule has 0 spiro atoms. The second-order valence-corrected chi connectivity index (χ2v) is 4.23. The first-order valence-corrected chi connectivity index (χ1v) is 6.59. The fourth-order valence-corrected chi connectivity index (χ4v) is 1.87. The number of ether oxygens (including phenoxy) is 2.